The average molecular weight is 286 g/mol. The lowest BCUT2D eigenvalue weighted by molar-refractivity contribution is 0.0789. The lowest BCUT2D eigenvalue weighted by Crippen LogP contribution is -2.25. The van der Waals surface area contributed by atoms with Crippen molar-refractivity contribution in [3.63, 3.8) is 0 Å². The van der Waals surface area contributed by atoms with Gasteiger partial charge in [0.05, 0.1) is 12.7 Å². The molecule has 2 rings (SSSR count). The Bertz CT molecular complexity index is 643. The van der Waals surface area contributed by atoms with E-state index in [0.29, 0.717) is 18.0 Å². The molecule has 1 aromatic heterocycles. The number of nitrogens with two attached hydrogens (primary N) is 1. The van der Waals surface area contributed by atoms with E-state index >= 15 is 0 Å². The fourth-order valence-electron chi connectivity index (χ4n) is 1.70. The molecule has 1 heterocycles. The van der Waals surface area contributed by atoms with Crippen LogP contribution in [0.5, 0.6) is 0 Å². The summed E-state index contributed by atoms with van der Waals surface area (Å²) >= 11 is 1.09. The predicted octanol–water partition coefficient (Wildman–Crippen LogP) is 1.12. The molecule has 0 aliphatic carbocycles. The maximum atomic E-state index is 12.1. The minimum atomic E-state index is -0.0958. The highest BCUT2D eigenvalue weighted by Crippen LogP contribution is 2.13. The molecule has 0 aliphatic heterocycles. The van der Waals surface area contributed by atoms with Crippen molar-refractivity contribution in [2.45, 2.75) is 6.54 Å². The quantitative estimate of drug-likeness (QED) is 0.858. The summed E-state index contributed by atoms with van der Waals surface area (Å²) < 4.78 is 3.70. The summed E-state index contributed by atoms with van der Waals surface area (Å²) in [6.45, 7) is 0.793. The summed E-state index contributed by atoms with van der Waals surface area (Å²) in [5.74, 6) is 5.75. The van der Waals surface area contributed by atoms with E-state index < -0.39 is 0 Å². The van der Waals surface area contributed by atoms with E-state index in [1.807, 2.05) is 24.3 Å². The molecule has 20 heavy (non-hydrogen) atoms. The fraction of sp³-hybridized carbons (Fsp3) is 0.214. The summed E-state index contributed by atoms with van der Waals surface area (Å²) in [5, 5.41) is 3.68. The number of carbonyl (C=O) groups is 1. The van der Waals surface area contributed by atoms with Crippen LogP contribution in [0, 0.1) is 11.8 Å². The zero-order valence-corrected chi connectivity index (χ0v) is 11.9. The van der Waals surface area contributed by atoms with E-state index in [1.54, 1.807) is 11.9 Å². The van der Waals surface area contributed by atoms with Crippen molar-refractivity contribution in [3.05, 3.63) is 46.5 Å². The third-order valence-corrected chi connectivity index (χ3v) is 3.32. The molecule has 1 aromatic carbocycles. The number of nitrogens with zero attached hydrogens (tertiary/aromatic N) is 3. The van der Waals surface area contributed by atoms with Gasteiger partial charge in [0.25, 0.3) is 5.91 Å². The van der Waals surface area contributed by atoms with Gasteiger partial charge in [-0.15, -0.1) is 5.10 Å². The van der Waals surface area contributed by atoms with Crippen LogP contribution in [0.1, 0.15) is 20.8 Å². The Hall–Kier alpha value is -2.23. The Morgan fingerprint density at radius 1 is 1.45 bits per heavy atom. The predicted molar refractivity (Wildman–Crippen MR) is 78.1 cm³/mol. The second-order valence-electron chi connectivity index (χ2n) is 4.11. The summed E-state index contributed by atoms with van der Waals surface area (Å²) in [4.78, 5) is 14.3. The van der Waals surface area contributed by atoms with Crippen LogP contribution in [-0.2, 0) is 6.54 Å². The van der Waals surface area contributed by atoms with Crippen molar-refractivity contribution in [1.82, 2.24) is 14.5 Å². The standard InChI is InChI=1S/C14H14N4OS/c1-18(14(19)13-9-16-17-20-13)10-12-6-3-2-5-11(12)7-4-8-15/h2-3,5-6,9H,8,10,15H2,1H3. The van der Waals surface area contributed by atoms with Gasteiger partial charge in [-0.1, -0.05) is 34.5 Å². The number of benzene rings is 1. The van der Waals surface area contributed by atoms with Crippen LogP contribution in [0.15, 0.2) is 30.5 Å². The number of amides is 1. The lowest BCUT2D eigenvalue weighted by atomic mass is 10.1. The highest BCUT2D eigenvalue weighted by molar-refractivity contribution is 7.07. The third kappa shape index (κ3) is 3.41. The Kier molecular flexibility index (Phi) is 4.82. The molecule has 0 saturated carbocycles. The topological polar surface area (TPSA) is 72.1 Å². The number of carbonyl (C=O) groups excluding carboxylic acids is 1. The maximum Gasteiger partial charge on any atom is 0.267 e. The normalized spacial score (nSPS) is 9.70. The van der Waals surface area contributed by atoms with Gasteiger partial charge >= 0.3 is 0 Å². The zero-order valence-electron chi connectivity index (χ0n) is 11.0. The molecule has 1 amide bonds. The van der Waals surface area contributed by atoms with E-state index in [1.165, 1.54) is 6.20 Å². The molecule has 0 radical (unpaired) electrons. The lowest BCUT2D eigenvalue weighted by Gasteiger charge is -2.16. The molecule has 2 N–H and O–H groups in total. The van der Waals surface area contributed by atoms with Gasteiger partial charge in [0.15, 0.2) is 0 Å². The van der Waals surface area contributed by atoms with Gasteiger partial charge in [-0.3, -0.25) is 4.79 Å². The SMILES string of the molecule is CN(Cc1ccccc1C#CCN)C(=O)c1cnns1. The van der Waals surface area contributed by atoms with Crippen molar-refractivity contribution in [3.8, 4) is 11.8 Å². The van der Waals surface area contributed by atoms with Gasteiger partial charge in [-0.2, -0.15) is 0 Å². The molecule has 5 nitrogen and oxygen atoms in total. The molecule has 0 aliphatic rings. The van der Waals surface area contributed by atoms with Crippen molar-refractivity contribution in [1.29, 1.82) is 0 Å². The summed E-state index contributed by atoms with van der Waals surface area (Å²) in [6.07, 6.45) is 1.48. The molecule has 0 saturated heterocycles. The van der Waals surface area contributed by atoms with E-state index in [4.69, 9.17) is 5.73 Å². The second kappa shape index (κ2) is 6.80. The molecular weight excluding hydrogens is 272 g/mol. The number of rotatable bonds is 3. The molecule has 0 atom stereocenters. The van der Waals surface area contributed by atoms with E-state index in [9.17, 15) is 4.79 Å². The zero-order chi connectivity index (χ0) is 14.4. The van der Waals surface area contributed by atoms with Crippen LogP contribution in [-0.4, -0.2) is 34.0 Å². The van der Waals surface area contributed by atoms with Gasteiger partial charge in [-0.25, -0.2) is 0 Å². The van der Waals surface area contributed by atoms with Gasteiger partial charge in [0, 0.05) is 19.2 Å². The molecule has 102 valence electrons. The van der Waals surface area contributed by atoms with Gasteiger partial charge < -0.3 is 10.6 Å². The summed E-state index contributed by atoms with van der Waals surface area (Å²) in [7, 11) is 1.75. The Balaban J connectivity index is 2.15. The summed E-state index contributed by atoms with van der Waals surface area (Å²) in [5.41, 5.74) is 7.27. The molecule has 0 spiro atoms. The van der Waals surface area contributed by atoms with Crippen LogP contribution < -0.4 is 5.73 Å². The Labute approximate surface area is 121 Å². The monoisotopic (exact) mass is 286 g/mol. The maximum absolute atomic E-state index is 12.1. The fourth-order valence-corrected chi connectivity index (χ4v) is 2.21. The largest absolute Gasteiger partial charge is 0.337 e. The van der Waals surface area contributed by atoms with Crippen LogP contribution in [0.2, 0.25) is 0 Å². The highest BCUT2D eigenvalue weighted by atomic mass is 32.1. The smallest absolute Gasteiger partial charge is 0.267 e. The Morgan fingerprint density at radius 3 is 2.95 bits per heavy atom. The molecule has 6 heteroatoms. The molecule has 0 unspecified atom stereocenters. The number of hydrogen-bond donors (Lipinski definition) is 1. The average Bonchev–Trinajstić information content (AvgIpc) is 2.99. The Morgan fingerprint density at radius 2 is 2.25 bits per heavy atom. The van der Waals surface area contributed by atoms with E-state index in [0.717, 1.165) is 22.7 Å². The number of hydrogen-bond acceptors (Lipinski definition) is 5. The van der Waals surface area contributed by atoms with Crippen molar-refractivity contribution in [2.24, 2.45) is 5.73 Å². The third-order valence-electron chi connectivity index (χ3n) is 2.67. The first-order valence-electron chi connectivity index (χ1n) is 6.02. The van der Waals surface area contributed by atoms with Crippen LogP contribution in [0.25, 0.3) is 0 Å². The van der Waals surface area contributed by atoms with Crippen molar-refractivity contribution >= 4 is 17.4 Å². The molecule has 0 fully saturated rings. The van der Waals surface area contributed by atoms with Gasteiger partial charge in [-0.05, 0) is 23.2 Å². The van der Waals surface area contributed by atoms with Crippen LogP contribution >= 0.6 is 11.5 Å². The molecular formula is C14H14N4OS. The number of aromatic nitrogens is 2. The van der Waals surface area contributed by atoms with Crippen molar-refractivity contribution < 1.29 is 4.79 Å². The van der Waals surface area contributed by atoms with Crippen LogP contribution in [0.3, 0.4) is 0 Å². The van der Waals surface area contributed by atoms with E-state index in [2.05, 4.69) is 21.4 Å². The minimum Gasteiger partial charge on any atom is -0.337 e. The summed E-state index contributed by atoms with van der Waals surface area (Å²) in [6, 6.07) is 7.72. The van der Waals surface area contributed by atoms with E-state index in [-0.39, 0.29) is 5.91 Å². The minimum absolute atomic E-state index is 0.0958. The van der Waals surface area contributed by atoms with Crippen LogP contribution in [0.4, 0.5) is 0 Å². The highest BCUT2D eigenvalue weighted by Gasteiger charge is 2.15. The van der Waals surface area contributed by atoms with Crippen molar-refractivity contribution in [2.75, 3.05) is 13.6 Å². The van der Waals surface area contributed by atoms with Gasteiger partial charge in [0.2, 0.25) is 0 Å². The first-order valence-corrected chi connectivity index (χ1v) is 6.79. The first kappa shape index (κ1) is 14.2. The second-order valence-corrected chi connectivity index (χ2v) is 4.89. The first-order chi connectivity index (χ1) is 9.72. The molecule has 2 aromatic rings. The molecule has 0 bridgehead atoms. The van der Waals surface area contributed by atoms with Gasteiger partial charge in [0.1, 0.15) is 4.88 Å².